The molecule has 0 saturated carbocycles. The summed E-state index contributed by atoms with van der Waals surface area (Å²) in [5, 5.41) is 13.5. The van der Waals surface area contributed by atoms with Crippen molar-refractivity contribution < 1.29 is 9.50 Å². The van der Waals surface area contributed by atoms with Gasteiger partial charge in [-0.15, -0.1) is 11.3 Å². The zero-order valence-corrected chi connectivity index (χ0v) is 11.2. The van der Waals surface area contributed by atoms with Crippen molar-refractivity contribution >= 4 is 21.4 Å². The van der Waals surface area contributed by atoms with Gasteiger partial charge in [0.2, 0.25) is 0 Å². The maximum Gasteiger partial charge on any atom is 0.129 e. The number of fused-ring (bicyclic) bond motifs is 1. The number of hydrogen-bond donors (Lipinski definition) is 1. The molecular weight excluding hydrogens is 259 g/mol. The molecule has 1 N–H and O–H groups in total. The van der Waals surface area contributed by atoms with Crippen LogP contribution in [0, 0.1) is 12.7 Å². The molecule has 96 valence electrons. The Hall–Kier alpha value is -1.71. The zero-order chi connectivity index (χ0) is 13.4. The molecule has 3 rings (SSSR count). The number of aryl methyl sites for hydroxylation is 1. The highest BCUT2D eigenvalue weighted by molar-refractivity contribution is 7.17. The van der Waals surface area contributed by atoms with Gasteiger partial charge in [0, 0.05) is 15.8 Å². The van der Waals surface area contributed by atoms with E-state index < -0.39 is 6.10 Å². The van der Waals surface area contributed by atoms with Crippen molar-refractivity contribution in [1.29, 1.82) is 0 Å². The predicted octanol–water partition coefficient (Wildman–Crippen LogP) is 4.43. The van der Waals surface area contributed by atoms with Crippen molar-refractivity contribution in [2.75, 3.05) is 0 Å². The molecule has 1 nitrogen and oxygen atoms in total. The SMILES string of the molecule is Cc1ccc(F)c(C(O)c2cccc3ccsc23)c1. The second kappa shape index (κ2) is 4.76. The molecule has 0 fully saturated rings. The van der Waals surface area contributed by atoms with E-state index in [0.717, 1.165) is 21.2 Å². The van der Waals surface area contributed by atoms with Gasteiger partial charge in [0.05, 0.1) is 0 Å². The fourth-order valence-corrected chi connectivity index (χ4v) is 3.21. The molecule has 2 aromatic carbocycles. The van der Waals surface area contributed by atoms with Gasteiger partial charge in [0.1, 0.15) is 11.9 Å². The van der Waals surface area contributed by atoms with Gasteiger partial charge in [-0.25, -0.2) is 4.39 Å². The van der Waals surface area contributed by atoms with E-state index in [-0.39, 0.29) is 5.82 Å². The highest BCUT2D eigenvalue weighted by atomic mass is 32.1. The van der Waals surface area contributed by atoms with Gasteiger partial charge in [-0.3, -0.25) is 0 Å². The predicted molar refractivity (Wildman–Crippen MR) is 77.0 cm³/mol. The van der Waals surface area contributed by atoms with Gasteiger partial charge in [-0.05, 0) is 29.8 Å². The molecule has 0 aliphatic carbocycles. The first kappa shape index (κ1) is 12.3. The quantitative estimate of drug-likeness (QED) is 0.731. The van der Waals surface area contributed by atoms with Crippen LogP contribution in [0.2, 0.25) is 0 Å². The van der Waals surface area contributed by atoms with Crippen molar-refractivity contribution in [1.82, 2.24) is 0 Å². The van der Waals surface area contributed by atoms with E-state index in [9.17, 15) is 9.50 Å². The topological polar surface area (TPSA) is 20.2 Å². The van der Waals surface area contributed by atoms with Crippen molar-refractivity contribution in [2.45, 2.75) is 13.0 Å². The van der Waals surface area contributed by atoms with Crippen LogP contribution in [0.1, 0.15) is 22.8 Å². The van der Waals surface area contributed by atoms with E-state index >= 15 is 0 Å². The summed E-state index contributed by atoms with van der Waals surface area (Å²) < 4.78 is 14.9. The number of aliphatic hydroxyl groups excluding tert-OH is 1. The van der Waals surface area contributed by atoms with E-state index in [2.05, 4.69) is 0 Å². The Kier molecular flexibility index (Phi) is 3.09. The van der Waals surface area contributed by atoms with Gasteiger partial charge in [0.25, 0.3) is 0 Å². The van der Waals surface area contributed by atoms with Crippen LogP contribution in [-0.4, -0.2) is 5.11 Å². The molecular formula is C16H13FOS. The lowest BCUT2D eigenvalue weighted by atomic mass is 9.98. The zero-order valence-electron chi connectivity index (χ0n) is 10.4. The highest BCUT2D eigenvalue weighted by Crippen LogP contribution is 2.33. The molecule has 0 aliphatic rings. The van der Waals surface area contributed by atoms with Crippen molar-refractivity contribution in [3.05, 3.63) is 70.4 Å². The summed E-state index contributed by atoms with van der Waals surface area (Å²) in [5.41, 5.74) is 2.03. The van der Waals surface area contributed by atoms with Crippen molar-refractivity contribution in [3.63, 3.8) is 0 Å². The summed E-state index contributed by atoms with van der Waals surface area (Å²) in [4.78, 5) is 0. The Bertz CT molecular complexity index is 732. The van der Waals surface area contributed by atoms with Crippen LogP contribution in [0.3, 0.4) is 0 Å². The largest absolute Gasteiger partial charge is 0.383 e. The molecule has 1 atom stereocenters. The normalized spacial score (nSPS) is 12.8. The van der Waals surface area contributed by atoms with Crippen LogP contribution in [-0.2, 0) is 0 Å². The Balaban J connectivity index is 2.15. The number of halogens is 1. The molecule has 1 unspecified atom stereocenters. The van der Waals surface area contributed by atoms with E-state index in [1.807, 2.05) is 36.6 Å². The monoisotopic (exact) mass is 272 g/mol. The number of hydrogen-bond acceptors (Lipinski definition) is 2. The Morgan fingerprint density at radius 2 is 1.95 bits per heavy atom. The molecule has 0 spiro atoms. The first-order chi connectivity index (χ1) is 9.16. The molecule has 3 heteroatoms. The van der Waals surface area contributed by atoms with E-state index in [0.29, 0.717) is 5.56 Å². The van der Waals surface area contributed by atoms with Crippen LogP contribution >= 0.6 is 11.3 Å². The lowest BCUT2D eigenvalue weighted by molar-refractivity contribution is 0.216. The van der Waals surface area contributed by atoms with Crippen molar-refractivity contribution in [2.24, 2.45) is 0 Å². The summed E-state index contributed by atoms with van der Waals surface area (Å²) in [5.74, 6) is -0.369. The number of aliphatic hydroxyl groups is 1. The summed E-state index contributed by atoms with van der Waals surface area (Å²) >= 11 is 1.56. The molecule has 0 saturated heterocycles. The molecule has 0 aliphatic heterocycles. The number of thiophene rings is 1. The summed E-state index contributed by atoms with van der Waals surface area (Å²) in [6, 6.07) is 12.6. The molecule has 0 bridgehead atoms. The third-order valence-corrected chi connectivity index (χ3v) is 4.23. The fraction of sp³-hybridized carbons (Fsp3) is 0.125. The third kappa shape index (κ3) is 2.15. The number of rotatable bonds is 2. The Labute approximate surface area is 115 Å². The molecule has 1 aromatic heterocycles. The molecule has 3 aromatic rings. The van der Waals surface area contributed by atoms with Gasteiger partial charge in [-0.2, -0.15) is 0 Å². The standard InChI is InChI=1S/C16H13FOS/c1-10-5-6-14(17)13(9-10)15(18)12-4-2-3-11-7-8-19-16(11)12/h2-9,15,18H,1H3. The second-order valence-corrected chi connectivity index (χ2v) is 5.53. The minimum Gasteiger partial charge on any atom is -0.383 e. The van der Waals surface area contributed by atoms with E-state index in [1.165, 1.54) is 6.07 Å². The Morgan fingerprint density at radius 3 is 2.79 bits per heavy atom. The van der Waals surface area contributed by atoms with Crippen LogP contribution < -0.4 is 0 Å². The lowest BCUT2D eigenvalue weighted by Crippen LogP contribution is -2.03. The maximum absolute atomic E-state index is 13.9. The van der Waals surface area contributed by atoms with Gasteiger partial charge >= 0.3 is 0 Å². The lowest BCUT2D eigenvalue weighted by Gasteiger charge is -2.14. The minimum absolute atomic E-state index is 0.334. The van der Waals surface area contributed by atoms with Gasteiger partial charge in [-0.1, -0.05) is 35.9 Å². The number of benzene rings is 2. The average Bonchev–Trinajstić information content (AvgIpc) is 2.89. The average molecular weight is 272 g/mol. The molecule has 0 radical (unpaired) electrons. The molecule has 19 heavy (non-hydrogen) atoms. The minimum atomic E-state index is -0.928. The Morgan fingerprint density at radius 1 is 1.11 bits per heavy atom. The third-order valence-electron chi connectivity index (χ3n) is 3.25. The smallest absolute Gasteiger partial charge is 0.129 e. The highest BCUT2D eigenvalue weighted by Gasteiger charge is 2.17. The fourth-order valence-electron chi connectivity index (χ4n) is 2.27. The summed E-state index contributed by atoms with van der Waals surface area (Å²) in [7, 11) is 0. The first-order valence-electron chi connectivity index (χ1n) is 6.07. The molecule has 1 heterocycles. The van der Waals surface area contributed by atoms with Crippen molar-refractivity contribution in [3.8, 4) is 0 Å². The van der Waals surface area contributed by atoms with Gasteiger partial charge < -0.3 is 5.11 Å². The summed E-state index contributed by atoms with van der Waals surface area (Å²) in [6.07, 6.45) is -0.928. The summed E-state index contributed by atoms with van der Waals surface area (Å²) in [6.45, 7) is 1.89. The second-order valence-electron chi connectivity index (χ2n) is 4.61. The maximum atomic E-state index is 13.9. The van der Waals surface area contributed by atoms with E-state index in [4.69, 9.17) is 0 Å². The van der Waals surface area contributed by atoms with E-state index in [1.54, 1.807) is 23.5 Å². The van der Waals surface area contributed by atoms with Crippen LogP contribution in [0.25, 0.3) is 10.1 Å². The van der Waals surface area contributed by atoms with Gasteiger partial charge in [0.15, 0.2) is 0 Å². The van der Waals surface area contributed by atoms with Crippen LogP contribution in [0.4, 0.5) is 4.39 Å². The van der Waals surface area contributed by atoms with Crippen LogP contribution in [0.5, 0.6) is 0 Å². The molecule has 0 amide bonds. The van der Waals surface area contributed by atoms with Crippen LogP contribution in [0.15, 0.2) is 47.8 Å². The first-order valence-corrected chi connectivity index (χ1v) is 6.95.